The summed E-state index contributed by atoms with van der Waals surface area (Å²) in [4.78, 5) is 38.4. The molecule has 2 aromatic heterocycles. The molecule has 0 unspecified atom stereocenters. The molecule has 0 radical (unpaired) electrons. The Kier molecular flexibility index (Phi) is 12.8. The monoisotopic (exact) mass is 866 g/mol. The number of nitrogens with one attached hydrogen (secondary N) is 2. The van der Waals surface area contributed by atoms with Crippen LogP contribution in [0.4, 0.5) is 24.8 Å². The number of anilines is 2. The Labute approximate surface area is 353 Å². The van der Waals surface area contributed by atoms with Crippen LogP contribution in [0.15, 0.2) is 103 Å². The molecule has 0 saturated carbocycles. The van der Waals surface area contributed by atoms with Crippen LogP contribution in [0.25, 0.3) is 21.5 Å². The van der Waals surface area contributed by atoms with E-state index in [9.17, 15) is 22.8 Å². The third-order valence-corrected chi connectivity index (χ3v) is 12.0. The van der Waals surface area contributed by atoms with Crippen molar-refractivity contribution in [2.24, 2.45) is 0 Å². The Bertz CT molecular complexity index is 2450. The molecule has 4 heterocycles. The Morgan fingerprint density at radius 3 is 1.55 bits per heavy atom. The molecule has 0 atom stereocenters. The van der Waals surface area contributed by atoms with E-state index in [4.69, 9.17) is 46.4 Å². The van der Waals surface area contributed by atoms with Gasteiger partial charge in [0.15, 0.2) is 0 Å². The van der Waals surface area contributed by atoms with E-state index in [2.05, 4.69) is 37.6 Å². The number of carbonyl (C=O) groups is 2. The van der Waals surface area contributed by atoms with Gasteiger partial charge in [-0.1, -0.05) is 88.9 Å². The van der Waals surface area contributed by atoms with Crippen LogP contribution in [0, 0.1) is 0 Å². The molecule has 0 spiro atoms. The zero-order valence-corrected chi connectivity index (χ0v) is 33.9. The van der Waals surface area contributed by atoms with E-state index in [0.717, 1.165) is 49.3 Å². The summed E-state index contributed by atoms with van der Waals surface area (Å²) in [6.45, 7) is 2.91. The summed E-state index contributed by atoms with van der Waals surface area (Å²) in [5, 5.41) is 10.8. The molecular formula is C43H37Cl4F3N6O2. The highest BCUT2D eigenvalue weighted by molar-refractivity contribution is 6.44. The van der Waals surface area contributed by atoms with Crippen molar-refractivity contribution in [3.05, 3.63) is 140 Å². The zero-order valence-electron chi connectivity index (χ0n) is 30.9. The van der Waals surface area contributed by atoms with Gasteiger partial charge in [-0.05, 0) is 85.0 Å². The van der Waals surface area contributed by atoms with E-state index < -0.39 is 11.7 Å². The summed E-state index contributed by atoms with van der Waals surface area (Å²) in [5.41, 5.74) is 0.0633. The molecule has 15 heteroatoms. The van der Waals surface area contributed by atoms with Crippen LogP contribution in [-0.4, -0.2) is 60.0 Å². The number of benzene rings is 4. The lowest BCUT2D eigenvalue weighted by atomic mass is 10.0. The van der Waals surface area contributed by atoms with E-state index >= 15 is 0 Å². The minimum absolute atomic E-state index is 0.0504. The quantitative estimate of drug-likeness (QED) is 0.173. The van der Waals surface area contributed by atoms with E-state index in [-0.39, 0.29) is 28.9 Å². The van der Waals surface area contributed by atoms with Crippen molar-refractivity contribution in [3.8, 4) is 0 Å². The van der Waals surface area contributed by atoms with Gasteiger partial charge in [0.05, 0.1) is 36.8 Å². The second-order valence-corrected chi connectivity index (χ2v) is 15.7. The summed E-state index contributed by atoms with van der Waals surface area (Å²) in [6, 6.07) is 25.6. The van der Waals surface area contributed by atoms with Crippen molar-refractivity contribution in [1.82, 2.24) is 20.6 Å². The van der Waals surface area contributed by atoms with Crippen LogP contribution < -0.4 is 20.4 Å². The highest BCUT2D eigenvalue weighted by atomic mass is 35.5. The summed E-state index contributed by atoms with van der Waals surface area (Å²) < 4.78 is 39.0. The first-order valence-corrected chi connectivity index (χ1v) is 20.2. The van der Waals surface area contributed by atoms with Gasteiger partial charge in [0, 0.05) is 61.4 Å². The summed E-state index contributed by atoms with van der Waals surface area (Å²) in [7, 11) is 0. The summed E-state index contributed by atoms with van der Waals surface area (Å²) in [6.07, 6.45) is 2.04. The number of nitrogens with zero attached hydrogens (tertiary/aromatic N) is 4. The maximum absolute atomic E-state index is 13.0. The molecule has 6 aromatic rings. The van der Waals surface area contributed by atoms with Gasteiger partial charge in [0.2, 0.25) is 0 Å². The predicted molar refractivity (Wildman–Crippen MR) is 227 cm³/mol. The lowest BCUT2D eigenvalue weighted by Crippen LogP contribution is -2.45. The molecule has 2 aliphatic heterocycles. The lowest BCUT2D eigenvalue weighted by molar-refractivity contribution is -0.137. The standard InChI is InChI=1S/C22H18Cl2F3N3O.C21H19Cl2N3O/c23-18-3-1-2-17(19(18)24)21(31)29-15-7-10-30(11-8-15)20-16-5-4-14(22(25,26)27)12-13(16)6-9-28-20;22-18-7-3-6-17(19(18)23)21(27)25-15-9-12-26(13-10-15)20-16-5-2-1-4-14(16)8-11-24-20/h1-6,9,12,15H,7-8,10-11H2,(H,29,31);1-8,11,15H,9-10,12-13H2,(H,25,27). The van der Waals surface area contributed by atoms with Crippen LogP contribution in [0.3, 0.4) is 0 Å². The number of rotatable bonds is 6. The molecule has 8 rings (SSSR count). The summed E-state index contributed by atoms with van der Waals surface area (Å²) in [5.74, 6) is 1.20. The number of fused-ring (bicyclic) bond motifs is 2. The molecule has 2 aliphatic rings. The largest absolute Gasteiger partial charge is 0.416 e. The van der Waals surface area contributed by atoms with Gasteiger partial charge in [-0.25, -0.2) is 9.97 Å². The topological polar surface area (TPSA) is 90.5 Å². The molecule has 300 valence electrons. The number of hydrogen-bond donors (Lipinski definition) is 2. The SMILES string of the molecule is O=C(NC1CCN(c2nccc3cc(C(F)(F)F)ccc23)CC1)c1cccc(Cl)c1Cl.O=C(NC1CCN(c2nccc3ccccc23)CC1)c1cccc(Cl)c1Cl. The first-order valence-electron chi connectivity index (χ1n) is 18.7. The number of halogens is 7. The fourth-order valence-electron chi connectivity index (χ4n) is 7.30. The predicted octanol–water partition coefficient (Wildman–Crippen LogP) is 10.9. The van der Waals surface area contributed by atoms with E-state index in [0.29, 0.717) is 68.7 Å². The Morgan fingerprint density at radius 1 is 0.586 bits per heavy atom. The number of piperidine rings is 2. The molecule has 4 aromatic carbocycles. The van der Waals surface area contributed by atoms with Crippen molar-refractivity contribution in [3.63, 3.8) is 0 Å². The van der Waals surface area contributed by atoms with Crippen LogP contribution in [0.2, 0.25) is 20.1 Å². The van der Waals surface area contributed by atoms with Gasteiger partial charge in [0.1, 0.15) is 11.6 Å². The number of aromatic nitrogens is 2. The first-order chi connectivity index (χ1) is 27.9. The Balaban J connectivity index is 0.000000178. The van der Waals surface area contributed by atoms with E-state index in [1.165, 1.54) is 17.6 Å². The minimum atomic E-state index is -4.39. The maximum atomic E-state index is 13.0. The van der Waals surface area contributed by atoms with Crippen LogP contribution >= 0.6 is 46.4 Å². The smallest absolute Gasteiger partial charge is 0.356 e. The fraction of sp³-hybridized carbons (Fsp3) is 0.256. The van der Waals surface area contributed by atoms with Gasteiger partial charge in [0.25, 0.3) is 11.8 Å². The van der Waals surface area contributed by atoms with Gasteiger partial charge in [-0.15, -0.1) is 0 Å². The normalized spacial score (nSPS) is 15.2. The second-order valence-electron chi connectivity index (χ2n) is 14.1. The number of hydrogen-bond acceptors (Lipinski definition) is 6. The third kappa shape index (κ3) is 9.39. The fourth-order valence-corrected chi connectivity index (χ4v) is 8.07. The second kappa shape index (κ2) is 18.0. The zero-order chi connectivity index (χ0) is 41.0. The Hall–Kier alpha value is -4.81. The van der Waals surface area contributed by atoms with Crippen molar-refractivity contribution in [1.29, 1.82) is 0 Å². The number of alkyl halides is 3. The van der Waals surface area contributed by atoms with Crippen LogP contribution in [0.1, 0.15) is 52.0 Å². The number of amides is 2. The molecule has 2 N–H and O–H groups in total. The molecular weight excluding hydrogens is 831 g/mol. The lowest BCUT2D eigenvalue weighted by Gasteiger charge is -2.33. The number of carbonyl (C=O) groups excluding carboxylic acids is 2. The van der Waals surface area contributed by atoms with E-state index in [1.807, 2.05) is 29.3 Å². The average Bonchev–Trinajstić information content (AvgIpc) is 3.22. The average molecular weight is 869 g/mol. The van der Waals surface area contributed by atoms with Crippen molar-refractivity contribution < 1.29 is 22.8 Å². The van der Waals surface area contributed by atoms with Gasteiger partial charge < -0.3 is 20.4 Å². The first kappa shape index (κ1) is 41.4. The third-order valence-electron chi connectivity index (χ3n) is 10.4. The highest BCUT2D eigenvalue weighted by Gasteiger charge is 2.31. The van der Waals surface area contributed by atoms with Gasteiger partial charge in [-0.2, -0.15) is 13.2 Å². The molecule has 0 bridgehead atoms. The molecule has 8 nitrogen and oxygen atoms in total. The maximum Gasteiger partial charge on any atom is 0.416 e. The molecule has 0 aliphatic carbocycles. The van der Waals surface area contributed by atoms with Crippen LogP contribution in [0.5, 0.6) is 0 Å². The minimum Gasteiger partial charge on any atom is -0.356 e. The van der Waals surface area contributed by atoms with Crippen LogP contribution in [-0.2, 0) is 6.18 Å². The van der Waals surface area contributed by atoms with E-state index in [1.54, 1.807) is 42.5 Å². The van der Waals surface area contributed by atoms with Crippen molar-refractivity contribution in [2.45, 2.75) is 43.9 Å². The highest BCUT2D eigenvalue weighted by Crippen LogP contribution is 2.35. The van der Waals surface area contributed by atoms with Gasteiger partial charge >= 0.3 is 6.18 Å². The molecule has 2 fully saturated rings. The van der Waals surface area contributed by atoms with Gasteiger partial charge in [-0.3, -0.25) is 9.59 Å². The van der Waals surface area contributed by atoms with Crippen molar-refractivity contribution in [2.75, 3.05) is 36.0 Å². The molecule has 2 amide bonds. The number of pyridine rings is 2. The summed E-state index contributed by atoms with van der Waals surface area (Å²) >= 11 is 24.3. The van der Waals surface area contributed by atoms with Crippen molar-refractivity contribution >= 4 is 91.4 Å². The Morgan fingerprint density at radius 2 is 1.05 bits per heavy atom. The molecule has 58 heavy (non-hydrogen) atoms. The molecule has 2 saturated heterocycles.